The fraction of sp³-hybridized carbons (Fsp3) is 0.636. The number of hydrogen-bond acceptors (Lipinski definition) is 21. The van der Waals surface area contributed by atoms with Crippen molar-refractivity contribution in [3.63, 3.8) is 0 Å². The van der Waals surface area contributed by atoms with Crippen LogP contribution < -0.4 is 45.5 Å². The van der Waals surface area contributed by atoms with Crippen LogP contribution in [0.4, 0.5) is 15.4 Å². The number of fused-ring (bicyclic) bond motifs is 8. The van der Waals surface area contributed by atoms with Crippen molar-refractivity contribution in [1.29, 1.82) is 0 Å². The quantitative estimate of drug-likeness (QED) is 0.0381. The minimum absolute atomic E-state index is 0. The standard InChI is InChI=1S/C44H56ClN5O9.C43H57ClN6O9.CH4/c1-26(2)18-30-22-37(33-10-11-36(38(45)39(33)46-30)57-17-14-49-12-15-56-16-13-49)58-32-23-35-40(51)48-44(42(53)54)24-29(44)8-6-4-3-5-7-9-34(41(52)50(35)25-32)47-43(55)59-31-20-27-19-28(27)21-31;1-25(2)45-36-22-35(31-10-11-34(37(44)38(31)47-36)57-17-14-49-12-15-56-16-13-49)58-30-21-33-39(51)48-43(41(53)54)23-28(43)8-6-4-3-5-7-9-32(40(52)50(33)24-30)46-42(55)59-29-19-26-18-27(26)20-29;/h6,8,10-11,18,22,27-29,31-32,34-35H,3-5,7,9,12-17,19-21,23-25H2,1-2H3,(H,47,55)(H,48,51)(H,53,54);6,8,10-11,22,25-30,32-33H,3-5,7,9,12-21,23-24H2,1-2H3,(H,45,47)(H,46,55)(H,48,51)(H,53,54);1H4/b2*8-6-;/t27-,28+,29-,31?,32-,34+,35+,44-;26-,27+,28-,29?,30-,32+,33+,43-;/m11./s1. The van der Waals surface area contributed by atoms with Crippen molar-refractivity contribution in [2.45, 2.75) is 229 Å². The van der Waals surface area contributed by atoms with Crippen molar-refractivity contribution in [3.05, 3.63) is 82.0 Å². The Hall–Kier alpha value is -8.74. The highest BCUT2D eigenvalue weighted by Crippen LogP contribution is 2.54. The van der Waals surface area contributed by atoms with E-state index < -0.39 is 95.2 Å². The average Bonchev–Trinajstić information content (AvgIpc) is 1.59. The van der Waals surface area contributed by atoms with Crippen LogP contribution in [-0.4, -0.2) is 245 Å². The number of carboxylic acids is 2. The molecule has 2 aromatic carbocycles. The van der Waals surface area contributed by atoms with Crippen molar-refractivity contribution < 1.29 is 86.5 Å². The van der Waals surface area contributed by atoms with Gasteiger partial charge in [0, 0.05) is 92.9 Å². The Labute approximate surface area is 705 Å². The Balaban J connectivity index is 0.000000194. The van der Waals surface area contributed by atoms with E-state index in [-0.39, 0.29) is 76.3 Å². The second kappa shape index (κ2) is 38.1. The molecule has 6 amide bonds. The minimum Gasteiger partial charge on any atom is -0.491 e. The van der Waals surface area contributed by atoms with E-state index in [9.17, 15) is 48.6 Å². The second-order valence-electron chi connectivity index (χ2n) is 34.9. The van der Waals surface area contributed by atoms with Gasteiger partial charge in [-0.25, -0.2) is 29.1 Å². The lowest BCUT2D eigenvalue weighted by Crippen LogP contribution is -2.56. The topological polar surface area (TPSA) is 350 Å². The van der Waals surface area contributed by atoms with Crippen LogP contribution in [0.3, 0.4) is 0 Å². The molecule has 6 saturated carbocycles. The third-order valence-electron chi connectivity index (χ3n) is 25.5. The number of benzene rings is 2. The molecule has 10 fully saturated rings. The molecule has 29 nitrogen and oxygen atoms in total. The maximum atomic E-state index is 14.6. The van der Waals surface area contributed by atoms with Gasteiger partial charge in [-0.05, 0) is 172 Å². The molecule has 31 heteroatoms. The van der Waals surface area contributed by atoms with Crippen LogP contribution in [0, 0.1) is 35.5 Å². The van der Waals surface area contributed by atoms with Crippen LogP contribution in [0.5, 0.6) is 23.0 Å². The van der Waals surface area contributed by atoms with Gasteiger partial charge >= 0.3 is 24.1 Å². The number of carboxylic acid groups (broad SMARTS) is 2. The number of halogens is 2. The predicted octanol–water partition coefficient (Wildman–Crippen LogP) is 11.5. The Kier molecular flexibility index (Phi) is 27.8. The molecule has 0 spiro atoms. The lowest BCUT2D eigenvalue weighted by atomic mass is 10.0. The van der Waals surface area contributed by atoms with Gasteiger partial charge in [-0.3, -0.25) is 29.0 Å². The number of amides is 6. The van der Waals surface area contributed by atoms with E-state index in [2.05, 4.69) is 36.4 Å². The summed E-state index contributed by atoms with van der Waals surface area (Å²) in [6.45, 7) is 16.5. The lowest BCUT2D eigenvalue weighted by Gasteiger charge is -2.29. The summed E-state index contributed by atoms with van der Waals surface area (Å²) in [5, 5.41) is 37.3. The zero-order chi connectivity index (χ0) is 82.5. The van der Waals surface area contributed by atoms with Crippen molar-refractivity contribution in [3.8, 4) is 23.0 Å². The summed E-state index contributed by atoms with van der Waals surface area (Å²) < 4.78 is 48.2. The van der Waals surface area contributed by atoms with E-state index in [4.69, 9.17) is 71.1 Å². The molecule has 8 heterocycles. The van der Waals surface area contributed by atoms with Crippen LogP contribution in [0.25, 0.3) is 27.9 Å². The van der Waals surface area contributed by atoms with Crippen molar-refractivity contribution >= 4 is 105 Å². The van der Waals surface area contributed by atoms with E-state index in [0.29, 0.717) is 155 Å². The van der Waals surface area contributed by atoms with E-state index >= 15 is 0 Å². The van der Waals surface area contributed by atoms with Crippen LogP contribution >= 0.6 is 23.2 Å². The molecule has 4 aromatic rings. The summed E-state index contributed by atoms with van der Waals surface area (Å²) in [5.41, 5.74) is -0.336. The first kappa shape index (κ1) is 86.6. The summed E-state index contributed by atoms with van der Waals surface area (Å²) in [6, 6.07) is 6.91. The number of ether oxygens (including phenoxy) is 8. The van der Waals surface area contributed by atoms with E-state index in [1.165, 1.54) is 22.6 Å². The zero-order valence-corrected chi connectivity index (χ0v) is 69.4. The zero-order valence-electron chi connectivity index (χ0n) is 67.9. The van der Waals surface area contributed by atoms with E-state index in [0.717, 1.165) is 109 Å². The fourth-order valence-corrected chi connectivity index (χ4v) is 19.2. The van der Waals surface area contributed by atoms with Gasteiger partial charge < -0.3 is 84.5 Å². The SMILES string of the molecule is C.CC(C)=Cc1cc(O[C@@H]2C[C@H]3C(=O)N[C@]4(C(=O)O)C[C@H]4/C=C\CCCCC[C@H](NC(=O)OC4C[C@@H]5C[C@@H]5C4)C(=O)N3C2)c2ccc(OCCN3CCOCC3)c(Cl)c2n1.CC(C)Nc1cc(O[C@@H]2C[C@H]3C(=O)N[C@]4(C(=O)O)C[C@H]4/C=C\CCCCC[C@H](NC(=O)OC4C[C@@H]5C[C@@H]5C4)C(=O)N3C2)c2ccc(OCCN3CCOCC3)c(Cl)c2n1. The molecule has 6 aliphatic carbocycles. The summed E-state index contributed by atoms with van der Waals surface area (Å²) in [5.74, 6) is -0.0521. The Morgan fingerprint density at radius 3 is 1.45 bits per heavy atom. The molecule has 6 aliphatic heterocycles. The first-order chi connectivity index (χ1) is 56.9. The first-order valence-electron chi connectivity index (χ1n) is 42.8. The lowest BCUT2D eigenvalue weighted by molar-refractivity contribution is -0.146. The number of nitrogens with zero attached hydrogens (tertiary/aromatic N) is 6. The van der Waals surface area contributed by atoms with Gasteiger partial charge in [0.05, 0.1) is 56.2 Å². The first-order valence-corrected chi connectivity index (χ1v) is 43.6. The maximum Gasteiger partial charge on any atom is 0.408 e. The Morgan fingerprint density at radius 1 is 0.580 bits per heavy atom. The largest absolute Gasteiger partial charge is 0.491 e. The molecule has 2 aromatic heterocycles. The third-order valence-corrected chi connectivity index (χ3v) is 26.2. The van der Waals surface area contributed by atoms with Crippen LogP contribution in [0.15, 0.2) is 66.3 Å². The predicted molar refractivity (Wildman–Crippen MR) is 447 cm³/mol. The number of nitrogens with one attached hydrogen (secondary N) is 5. The number of carbonyl (C=O) groups excluding carboxylic acids is 6. The molecule has 16 atom stereocenters. The molecular formula is C88H117Cl2N11O18. The number of rotatable bonds is 21. The summed E-state index contributed by atoms with van der Waals surface area (Å²) >= 11 is 14.0. The molecule has 0 bridgehead atoms. The number of aliphatic carboxylic acids is 2. The molecule has 0 radical (unpaired) electrons. The number of aromatic nitrogens is 2. The van der Waals surface area contributed by atoms with Crippen molar-refractivity contribution in [2.75, 3.05) is 97.3 Å². The summed E-state index contributed by atoms with van der Waals surface area (Å²) in [6.07, 6.45) is 20.0. The number of allylic oxidation sites excluding steroid dienone is 3. The van der Waals surface area contributed by atoms with Gasteiger partial charge in [0.25, 0.3) is 0 Å². The number of pyridine rings is 2. The number of morpholine rings is 2. The third kappa shape index (κ3) is 20.9. The molecule has 646 valence electrons. The number of hydrogen-bond donors (Lipinski definition) is 7. The van der Waals surface area contributed by atoms with Gasteiger partial charge in [-0.15, -0.1) is 0 Å². The number of alkyl carbamates (subject to hydrolysis) is 2. The average molecular weight is 1690 g/mol. The molecule has 4 saturated heterocycles. The van der Waals surface area contributed by atoms with E-state index in [1.54, 1.807) is 18.2 Å². The monoisotopic (exact) mass is 1690 g/mol. The van der Waals surface area contributed by atoms with Crippen molar-refractivity contribution in [2.24, 2.45) is 35.5 Å². The maximum absolute atomic E-state index is 14.6. The molecular weight excluding hydrogens is 1570 g/mol. The van der Waals surface area contributed by atoms with Crippen molar-refractivity contribution in [1.82, 2.24) is 50.8 Å². The van der Waals surface area contributed by atoms with Crippen LogP contribution in [-0.2, 0) is 47.7 Å². The highest BCUT2D eigenvalue weighted by atomic mass is 35.5. The molecule has 7 N–H and O–H groups in total. The highest BCUT2D eigenvalue weighted by Gasteiger charge is 2.63. The highest BCUT2D eigenvalue weighted by molar-refractivity contribution is 6.37. The summed E-state index contributed by atoms with van der Waals surface area (Å²) in [4.78, 5) is 127. The second-order valence-corrected chi connectivity index (χ2v) is 35.6. The Bertz CT molecular complexity index is 4480. The van der Waals surface area contributed by atoms with Crippen LogP contribution in [0.2, 0.25) is 10.0 Å². The van der Waals surface area contributed by atoms with Gasteiger partial charge in [-0.1, -0.05) is 86.2 Å². The molecule has 2 unspecified atom stereocenters. The minimum atomic E-state index is -1.46. The fourth-order valence-electron chi connectivity index (χ4n) is 18.6. The molecule has 12 aliphatic rings. The normalized spacial score (nSPS) is 31.2. The number of carbonyl (C=O) groups is 8. The van der Waals surface area contributed by atoms with Gasteiger partial charge in [-0.2, -0.15) is 0 Å². The smallest absolute Gasteiger partial charge is 0.408 e. The summed E-state index contributed by atoms with van der Waals surface area (Å²) in [7, 11) is 0. The van der Waals surface area contributed by atoms with E-state index in [1.807, 2.05) is 76.3 Å². The Morgan fingerprint density at radius 2 is 1.02 bits per heavy atom. The van der Waals surface area contributed by atoms with Gasteiger partial charge in [0.15, 0.2) is 0 Å². The molecule has 16 rings (SSSR count). The van der Waals surface area contributed by atoms with Gasteiger partial charge in [0.2, 0.25) is 23.6 Å². The molecule has 119 heavy (non-hydrogen) atoms. The number of anilines is 1. The van der Waals surface area contributed by atoms with Gasteiger partial charge in [0.1, 0.15) is 112 Å². The van der Waals surface area contributed by atoms with Crippen LogP contribution in [0.1, 0.15) is 169 Å².